The second-order valence-corrected chi connectivity index (χ2v) is 6.48. The highest BCUT2D eigenvalue weighted by molar-refractivity contribution is 6.05. The van der Waals surface area contributed by atoms with Crippen LogP contribution in [0.5, 0.6) is 0 Å². The largest absolute Gasteiger partial charge is 0.468 e. The van der Waals surface area contributed by atoms with Crippen molar-refractivity contribution < 1.29 is 37.0 Å². The molecule has 0 atom stereocenters. The number of esters is 2. The van der Waals surface area contributed by atoms with Gasteiger partial charge < -0.3 is 14.8 Å². The zero-order chi connectivity index (χ0) is 20.3. The van der Waals surface area contributed by atoms with Crippen molar-refractivity contribution in [1.82, 2.24) is 5.32 Å². The number of carbonyl (C=O) groups is 3. The summed E-state index contributed by atoms with van der Waals surface area (Å²) in [7, 11) is 1.95. The van der Waals surface area contributed by atoms with Crippen LogP contribution in [0.25, 0.3) is 0 Å². The molecular formula is C17H20F3NO5. The van der Waals surface area contributed by atoms with Crippen molar-refractivity contribution in [2.45, 2.75) is 38.4 Å². The lowest BCUT2D eigenvalue weighted by molar-refractivity contribution is -0.154. The van der Waals surface area contributed by atoms with Gasteiger partial charge in [-0.1, -0.05) is 0 Å². The zero-order valence-electron chi connectivity index (χ0n) is 15.0. The molecule has 9 heteroatoms. The first kappa shape index (κ1) is 21.5. The molecule has 0 aliphatic carbocycles. The predicted octanol–water partition coefficient (Wildman–Crippen LogP) is 2.66. The Bertz CT molecular complexity index is 691. The van der Waals surface area contributed by atoms with Gasteiger partial charge in [0.2, 0.25) is 0 Å². The zero-order valence-corrected chi connectivity index (χ0v) is 15.0. The van der Waals surface area contributed by atoms with Crippen LogP contribution in [0.4, 0.5) is 13.2 Å². The van der Waals surface area contributed by atoms with E-state index in [0.717, 1.165) is 20.3 Å². The molecule has 0 fully saturated rings. The summed E-state index contributed by atoms with van der Waals surface area (Å²) < 4.78 is 48.2. The quantitative estimate of drug-likeness (QED) is 0.646. The van der Waals surface area contributed by atoms with Crippen LogP contribution in [0.2, 0.25) is 0 Å². The highest BCUT2D eigenvalue weighted by atomic mass is 19.4. The molecule has 0 aliphatic heterocycles. The Kier molecular flexibility index (Phi) is 6.40. The van der Waals surface area contributed by atoms with Gasteiger partial charge in [-0.25, -0.2) is 0 Å². The van der Waals surface area contributed by atoms with Crippen molar-refractivity contribution >= 4 is 17.8 Å². The van der Waals surface area contributed by atoms with Crippen LogP contribution >= 0.6 is 0 Å². The molecule has 1 aromatic carbocycles. The minimum absolute atomic E-state index is 0.256. The molecule has 26 heavy (non-hydrogen) atoms. The molecule has 6 nitrogen and oxygen atoms in total. The second-order valence-electron chi connectivity index (χ2n) is 6.48. The summed E-state index contributed by atoms with van der Waals surface area (Å²) in [5.74, 6) is -4.84. The van der Waals surface area contributed by atoms with Gasteiger partial charge in [0.25, 0.3) is 5.91 Å². The highest BCUT2D eigenvalue weighted by Crippen LogP contribution is 2.33. The summed E-state index contributed by atoms with van der Waals surface area (Å²) in [5, 5.41) is 2.58. The average Bonchev–Trinajstić information content (AvgIpc) is 2.51. The maximum atomic E-state index is 13.1. The number of hydrogen-bond acceptors (Lipinski definition) is 5. The van der Waals surface area contributed by atoms with E-state index in [9.17, 15) is 27.6 Å². The molecule has 0 aromatic heterocycles. The molecule has 0 bridgehead atoms. The minimum Gasteiger partial charge on any atom is -0.468 e. The number of alkyl halides is 3. The number of hydrogen-bond donors (Lipinski definition) is 1. The van der Waals surface area contributed by atoms with E-state index in [2.05, 4.69) is 14.8 Å². The summed E-state index contributed by atoms with van der Waals surface area (Å²) in [4.78, 5) is 36.5. The number of rotatable bonds is 4. The Morgan fingerprint density at radius 1 is 1.00 bits per heavy atom. The van der Waals surface area contributed by atoms with Crippen LogP contribution in [-0.4, -0.2) is 37.6 Å². The first-order chi connectivity index (χ1) is 11.8. The number of methoxy groups -OCH3 is 2. The van der Waals surface area contributed by atoms with Gasteiger partial charge in [-0.3, -0.25) is 14.4 Å². The third kappa shape index (κ3) is 5.21. The molecule has 1 aromatic rings. The maximum absolute atomic E-state index is 13.1. The van der Waals surface area contributed by atoms with Gasteiger partial charge in [0.05, 0.1) is 19.8 Å². The molecule has 1 N–H and O–H groups in total. The third-order valence-electron chi connectivity index (χ3n) is 3.30. The monoisotopic (exact) mass is 375 g/mol. The fourth-order valence-corrected chi connectivity index (χ4v) is 2.18. The standard InChI is InChI=1S/C17H20F3NO5/c1-16(2,3)21-13(22)10-7-6-9(17(18,19)20)8-11(10)12(14(23)25-4)15(24)26-5/h6-8,12H,1-5H3,(H,21,22). The van der Waals surface area contributed by atoms with E-state index in [1.807, 2.05) is 0 Å². The fourth-order valence-electron chi connectivity index (χ4n) is 2.18. The van der Waals surface area contributed by atoms with Gasteiger partial charge in [0.15, 0.2) is 5.92 Å². The van der Waals surface area contributed by atoms with Crippen molar-refractivity contribution in [2.75, 3.05) is 14.2 Å². The van der Waals surface area contributed by atoms with Gasteiger partial charge in [0.1, 0.15) is 0 Å². The van der Waals surface area contributed by atoms with Gasteiger partial charge in [-0.2, -0.15) is 13.2 Å². The SMILES string of the molecule is COC(=O)C(C(=O)OC)c1cc(C(F)(F)F)ccc1C(=O)NC(C)(C)C. The molecule has 0 saturated carbocycles. The summed E-state index contributed by atoms with van der Waals surface area (Å²) in [5.41, 5.74) is -2.50. The summed E-state index contributed by atoms with van der Waals surface area (Å²) in [6, 6.07) is 2.20. The molecule has 0 heterocycles. The molecule has 1 amide bonds. The Hall–Kier alpha value is -2.58. The molecule has 0 unspecified atom stereocenters. The lowest BCUT2D eigenvalue weighted by atomic mass is 9.91. The number of nitrogens with one attached hydrogen (secondary N) is 1. The summed E-state index contributed by atoms with van der Waals surface area (Å²) >= 11 is 0. The lowest BCUT2D eigenvalue weighted by Gasteiger charge is -2.23. The van der Waals surface area contributed by atoms with E-state index in [0.29, 0.717) is 12.1 Å². The van der Waals surface area contributed by atoms with Gasteiger partial charge in [-0.15, -0.1) is 0 Å². The number of ether oxygens (including phenoxy) is 2. The van der Waals surface area contributed by atoms with E-state index in [-0.39, 0.29) is 5.56 Å². The van der Waals surface area contributed by atoms with Crippen LogP contribution in [0.1, 0.15) is 48.2 Å². The van der Waals surface area contributed by atoms with Gasteiger partial charge in [0, 0.05) is 11.1 Å². The van der Waals surface area contributed by atoms with Crippen molar-refractivity contribution in [1.29, 1.82) is 0 Å². The normalized spacial score (nSPS) is 11.9. The lowest BCUT2D eigenvalue weighted by Crippen LogP contribution is -2.41. The van der Waals surface area contributed by atoms with Crippen LogP contribution in [0.15, 0.2) is 18.2 Å². The Balaban J connectivity index is 3.63. The molecule has 0 saturated heterocycles. The van der Waals surface area contributed by atoms with Gasteiger partial charge in [-0.05, 0) is 44.5 Å². The van der Waals surface area contributed by atoms with Crippen LogP contribution in [0, 0.1) is 0 Å². The molecule has 0 radical (unpaired) electrons. The molecular weight excluding hydrogens is 355 g/mol. The summed E-state index contributed by atoms with van der Waals surface area (Å²) in [6.07, 6.45) is -4.73. The molecule has 0 spiro atoms. The van der Waals surface area contributed by atoms with Crippen molar-refractivity contribution in [3.63, 3.8) is 0 Å². The number of amides is 1. The first-order valence-electron chi connectivity index (χ1n) is 7.51. The first-order valence-corrected chi connectivity index (χ1v) is 7.51. The van der Waals surface area contributed by atoms with Gasteiger partial charge >= 0.3 is 18.1 Å². The predicted molar refractivity (Wildman–Crippen MR) is 85.4 cm³/mol. The maximum Gasteiger partial charge on any atom is 0.416 e. The fraction of sp³-hybridized carbons (Fsp3) is 0.471. The number of carbonyl (C=O) groups excluding carboxylic acids is 3. The Morgan fingerprint density at radius 3 is 1.88 bits per heavy atom. The van der Waals surface area contributed by atoms with Crippen LogP contribution in [-0.2, 0) is 25.2 Å². The van der Waals surface area contributed by atoms with Crippen molar-refractivity contribution in [3.05, 3.63) is 34.9 Å². The van der Waals surface area contributed by atoms with E-state index in [4.69, 9.17) is 0 Å². The van der Waals surface area contributed by atoms with E-state index < -0.39 is 46.6 Å². The average molecular weight is 375 g/mol. The number of halogens is 3. The third-order valence-corrected chi connectivity index (χ3v) is 3.30. The smallest absolute Gasteiger partial charge is 0.416 e. The topological polar surface area (TPSA) is 81.7 Å². The highest BCUT2D eigenvalue weighted by Gasteiger charge is 2.38. The summed E-state index contributed by atoms with van der Waals surface area (Å²) in [6.45, 7) is 5.02. The molecule has 0 aliphatic rings. The van der Waals surface area contributed by atoms with Crippen molar-refractivity contribution in [2.24, 2.45) is 0 Å². The molecule has 1 rings (SSSR count). The Labute approximate surface area is 148 Å². The Morgan fingerprint density at radius 2 is 1.50 bits per heavy atom. The number of benzene rings is 1. The second kappa shape index (κ2) is 7.76. The molecule has 144 valence electrons. The van der Waals surface area contributed by atoms with E-state index in [1.165, 1.54) is 0 Å². The minimum atomic E-state index is -4.73. The van der Waals surface area contributed by atoms with Crippen LogP contribution in [0.3, 0.4) is 0 Å². The van der Waals surface area contributed by atoms with Crippen LogP contribution < -0.4 is 5.32 Å². The van der Waals surface area contributed by atoms with E-state index in [1.54, 1.807) is 20.8 Å². The van der Waals surface area contributed by atoms with E-state index >= 15 is 0 Å². The van der Waals surface area contributed by atoms with Crippen molar-refractivity contribution in [3.8, 4) is 0 Å².